The van der Waals surface area contributed by atoms with Crippen molar-refractivity contribution in [1.82, 2.24) is 19.9 Å². The van der Waals surface area contributed by atoms with E-state index in [-0.39, 0.29) is 17.1 Å². The molecule has 0 bridgehead atoms. The molecule has 3 aromatic rings. The van der Waals surface area contributed by atoms with Crippen molar-refractivity contribution >= 4 is 34.5 Å². The molecule has 0 spiro atoms. The molecule has 1 amide bonds. The van der Waals surface area contributed by atoms with Crippen LogP contribution < -0.4 is 5.32 Å². The maximum absolute atomic E-state index is 12.5. The Balaban J connectivity index is 1.75. The van der Waals surface area contributed by atoms with Crippen LogP contribution >= 0.6 is 0 Å². The Morgan fingerprint density at radius 1 is 1.23 bits per heavy atom. The van der Waals surface area contributed by atoms with Gasteiger partial charge < -0.3 is 15.0 Å². The number of imidazole rings is 1. The number of nitrogens with one attached hydrogen (secondary N) is 2. The number of nitro benzene ring substituents is 1. The molecule has 0 radical (unpaired) electrons. The summed E-state index contributed by atoms with van der Waals surface area (Å²) in [4.78, 5) is 50.4. The molecule has 1 atom stereocenters. The number of H-pyrrole nitrogens is 1. The third-order valence-corrected chi connectivity index (χ3v) is 4.36. The first-order chi connectivity index (χ1) is 14.1. The van der Waals surface area contributed by atoms with Crippen LogP contribution in [0.5, 0.6) is 0 Å². The highest BCUT2D eigenvalue weighted by Gasteiger charge is 2.27. The normalized spacial score (nSPS) is 12.4. The number of hydrogen-bond acceptors (Lipinski definition) is 8. The zero-order valence-corrected chi connectivity index (χ0v) is 16.8. The average molecular weight is 412 g/mol. The molecule has 0 aliphatic rings. The van der Waals surface area contributed by atoms with Crippen molar-refractivity contribution < 1.29 is 19.2 Å². The molecule has 1 unspecified atom stereocenters. The number of nitro groups is 1. The predicted octanol–water partition coefficient (Wildman–Crippen LogP) is 2.74. The smallest absolute Gasteiger partial charge is 0.339 e. The van der Waals surface area contributed by atoms with E-state index in [9.17, 15) is 19.7 Å². The van der Waals surface area contributed by atoms with E-state index < -0.39 is 28.3 Å². The highest BCUT2D eigenvalue weighted by Crippen LogP contribution is 2.32. The summed E-state index contributed by atoms with van der Waals surface area (Å²) in [6, 6.07) is 4.13. The van der Waals surface area contributed by atoms with Gasteiger partial charge in [-0.05, 0) is 18.4 Å². The maximum atomic E-state index is 12.5. The summed E-state index contributed by atoms with van der Waals surface area (Å²) in [5.74, 6) is -1.29. The van der Waals surface area contributed by atoms with E-state index in [0.29, 0.717) is 16.7 Å². The van der Waals surface area contributed by atoms with Gasteiger partial charge in [0.15, 0.2) is 17.6 Å². The summed E-state index contributed by atoms with van der Waals surface area (Å²) >= 11 is 0. The molecule has 2 aromatic heterocycles. The van der Waals surface area contributed by atoms with E-state index in [4.69, 9.17) is 4.74 Å². The van der Waals surface area contributed by atoms with Gasteiger partial charge in [-0.25, -0.2) is 19.7 Å². The molecule has 1 aromatic carbocycles. The number of benzene rings is 1. The SMILES string of the molecule is CC(OC(=O)c1ccc(C(C)(C)C)c([N+](=O)[O-])c1)C(=O)Nc1ncnc2nc[nH]c12. The lowest BCUT2D eigenvalue weighted by Gasteiger charge is -2.19. The van der Waals surface area contributed by atoms with Crippen molar-refractivity contribution in [2.24, 2.45) is 0 Å². The summed E-state index contributed by atoms with van der Waals surface area (Å²) in [5.41, 5.74) is 0.605. The van der Waals surface area contributed by atoms with Gasteiger partial charge in [-0.2, -0.15) is 0 Å². The van der Waals surface area contributed by atoms with E-state index in [2.05, 4.69) is 25.3 Å². The minimum atomic E-state index is -1.17. The zero-order chi connectivity index (χ0) is 22.1. The van der Waals surface area contributed by atoms with Crippen LogP contribution in [0.4, 0.5) is 11.5 Å². The number of carbonyl (C=O) groups is 2. The molecule has 0 aliphatic carbocycles. The number of amides is 1. The quantitative estimate of drug-likeness (QED) is 0.368. The number of esters is 1. The number of anilines is 1. The summed E-state index contributed by atoms with van der Waals surface area (Å²) in [6.07, 6.45) is 1.48. The fourth-order valence-corrected chi connectivity index (χ4v) is 2.80. The molecule has 0 saturated heterocycles. The third-order valence-electron chi connectivity index (χ3n) is 4.36. The van der Waals surface area contributed by atoms with Gasteiger partial charge in [0.1, 0.15) is 11.8 Å². The van der Waals surface area contributed by atoms with Crippen LogP contribution in [-0.4, -0.2) is 42.8 Å². The Morgan fingerprint density at radius 2 is 1.97 bits per heavy atom. The molecule has 2 heterocycles. The Bertz CT molecular complexity index is 1130. The highest BCUT2D eigenvalue weighted by atomic mass is 16.6. The third kappa shape index (κ3) is 4.24. The molecule has 156 valence electrons. The van der Waals surface area contributed by atoms with Gasteiger partial charge in [0.25, 0.3) is 11.6 Å². The topological polar surface area (TPSA) is 153 Å². The van der Waals surface area contributed by atoms with Crippen LogP contribution in [0.2, 0.25) is 0 Å². The largest absolute Gasteiger partial charge is 0.449 e. The number of rotatable bonds is 5. The molecule has 0 aliphatic heterocycles. The Kier molecular flexibility index (Phi) is 5.45. The average Bonchev–Trinajstić information content (AvgIpc) is 3.16. The van der Waals surface area contributed by atoms with Crippen molar-refractivity contribution in [3.05, 3.63) is 52.1 Å². The molecule has 0 fully saturated rings. The second-order valence-corrected chi connectivity index (χ2v) is 7.60. The minimum absolute atomic E-state index is 0.0210. The molecule has 11 heteroatoms. The van der Waals surface area contributed by atoms with Gasteiger partial charge in [-0.1, -0.05) is 26.8 Å². The highest BCUT2D eigenvalue weighted by molar-refractivity contribution is 6.00. The zero-order valence-electron chi connectivity index (χ0n) is 16.8. The Morgan fingerprint density at radius 3 is 2.63 bits per heavy atom. The van der Waals surface area contributed by atoms with Gasteiger partial charge >= 0.3 is 5.97 Å². The van der Waals surface area contributed by atoms with Gasteiger partial charge in [0.05, 0.1) is 16.8 Å². The molecule has 0 saturated carbocycles. The monoisotopic (exact) mass is 412 g/mol. The number of aromatic amines is 1. The molecular formula is C19H20N6O5. The van der Waals surface area contributed by atoms with Gasteiger partial charge in [0.2, 0.25) is 0 Å². The summed E-state index contributed by atoms with van der Waals surface area (Å²) in [6.45, 7) is 6.90. The van der Waals surface area contributed by atoms with Crippen molar-refractivity contribution in [2.75, 3.05) is 5.32 Å². The van der Waals surface area contributed by atoms with Gasteiger partial charge in [-0.3, -0.25) is 14.9 Å². The van der Waals surface area contributed by atoms with Crippen LogP contribution in [0.1, 0.15) is 43.6 Å². The number of carbonyl (C=O) groups excluding carboxylic acids is 2. The molecule has 30 heavy (non-hydrogen) atoms. The van der Waals surface area contributed by atoms with Crippen LogP contribution in [-0.2, 0) is 14.9 Å². The minimum Gasteiger partial charge on any atom is -0.449 e. The number of fused-ring (bicyclic) bond motifs is 1. The van der Waals surface area contributed by atoms with Crippen LogP contribution in [0.25, 0.3) is 11.2 Å². The summed E-state index contributed by atoms with van der Waals surface area (Å²) in [7, 11) is 0. The van der Waals surface area contributed by atoms with Crippen molar-refractivity contribution in [2.45, 2.75) is 39.2 Å². The Labute approximate surface area is 171 Å². The summed E-state index contributed by atoms with van der Waals surface area (Å²) < 4.78 is 5.18. The van der Waals surface area contributed by atoms with Crippen LogP contribution in [0.3, 0.4) is 0 Å². The lowest BCUT2D eigenvalue weighted by molar-refractivity contribution is -0.386. The second kappa shape index (κ2) is 7.85. The number of hydrogen-bond donors (Lipinski definition) is 2. The van der Waals surface area contributed by atoms with Gasteiger partial charge in [0, 0.05) is 11.6 Å². The lowest BCUT2D eigenvalue weighted by Crippen LogP contribution is -2.30. The first kappa shape index (κ1) is 20.8. The van der Waals surface area contributed by atoms with Crippen molar-refractivity contribution in [1.29, 1.82) is 0 Å². The Hall–Kier alpha value is -3.89. The lowest BCUT2D eigenvalue weighted by atomic mass is 9.85. The van der Waals surface area contributed by atoms with E-state index in [1.165, 1.54) is 31.7 Å². The maximum Gasteiger partial charge on any atom is 0.339 e. The molecule has 11 nitrogen and oxygen atoms in total. The van der Waals surface area contributed by atoms with Crippen molar-refractivity contribution in [3.8, 4) is 0 Å². The van der Waals surface area contributed by atoms with E-state index in [1.54, 1.807) is 0 Å². The number of nitrogens with zero attached hydrogens (tertiary/aromatic N) is 4. The molecular weight excluding hydrogens is 392 g/mol. The first-order valence-electron chi connectivity index (χ1n) is 9.02. The van der Waals surface area contributed by atoms with Crippen LogP contribution in [0.15, 0.2) is 30.9 Å². The van der Waals surface area contributed by atoms with Gasteiger partial charge in [-0.15, -0.1) is 0 Å². The second-order valence-electron chi connectivity index (χ2n) is 7.60. The van der Waals surface area contributed by atoms with E-state index in [0.717, 1.165) is 6.07 Å². The first-order valence-corrected chi connectivity index (χ1v) is 9.02. The molecule has 2 N–H and O–H groups in total. The van der Waals surface area contributed by atoms with E-state index in [1.807, 2.05) is 20.8 Å². The number of ether oxygens (including phenoxy) is 1. The number of aromatic nitrogens is 4. The predicted molar refractivity (Wildman–Crippen MR) is 107 cm³/mol. The summed E-state index contributed by atoms with van der Waals surface area (Å²) in [5, 5.41) is 14.0. The van der Waals surface area contributed by atoms with E-state index >= 15 is 0 Å². The molecule has 3 rings (SSSR count). The fraction of sp³-hybridized carbons (Fsp3) is 0.316. The fourth-order valence-electron chi connectivity index (χ4n) is 2.80. The standard InChI is InChI=1S/C19H20N6O5/c1-10(17(26)24-16-14-15(21-8-20-14)22-9-23-16)30-18(27)11-5-6-12(19(2,3)4)13(7-11)25(28)29/h5-10H,1-4H3,(H2,20,21,22,23,24,26). The van der Waals surface area contributed by atoms with Crippen LogP contribution in [0, 0.1) is 10.1 Å². The van der Waals surface area contributed by atoms with Crippen molar-refractivity contribution in [3.63, 3.8) is 0 Å².